The Morgan fingerprint density at radius 1 is 1.44 bits per heavy atom. The van der Waals surface area contributed by atoms with Gasteiger partial charge in [-0.3, -0.25) is 9.78 Å². The Morgan fingerprint density at radius 3 is 2.56 bits per heavy atom. The minimum Gasteiger partial charge on any atom is -0.323 e. The number of nitrogens with two attached hydrogens (primary N) is 1. The summed E-state index contributed by atoms with van der Waals surface area (Å²) in [5.41, 5.74) is 7.29. The van der Waals surface area contributed by atoms with Crippen molar-refractivity contribution in [2.75, 3.05) is 5.32 Å². The number of nitrogens with one attached hydrogen (secondary N) is 1. The molecule has 1 aromatic heterocycles. The number of pyridine rings is 1. The first-order valence-corrected chi connectivity index (χ1v) is 5.29. The van der Waals surface area contributed by atoms with Gasteiger partial charge in [0.1, 0.15) is 0 Å². The van der Waals surface area contributed by atoms with E-state index in [1.807, 2.05) is 33.8 Å². The molecule has 0 bridgehead atoms. The van der Waals surface area contributed by atoms with Gasteiger partial charge in [-0.2, -0.15) is 0 Å². The molecule has 0 aromatic carbocycles. The molecule has 0 saturated carbocycles. The first kappa shape index (κ1) is 12.6. The molecule has 16 heavy (non-hydrogen) atoms. The van der Waals surface area contributed by atoms with Crippen LogP contribution < -0.4 is 11.1 Å². The van der Waals surface area contributed by atoms with Gasteiger partial charge in [0.25, 0.3) is 0 Å². The van der Waals surface area contributed by atoms with E-state index in [1.54, 1.807) is 12.4 Å². The Morgan fingerprint density at radius 2 is 2.06 bits per heavy atom. The van der Waals surface area contributed by atoms with Gasteiger partial charge in [0.2, 0.25) is 5.91 Å². The normalized spacial score (nSPS) is 13.3. The average molecular weight is 221 g/mol. The van der Waals surface area contributed by atoms with Gasteiger partial charge in [-0.1, -0.05) is 20.8 Å². The number of anilines is 1. The van der Waals surface area contributed by atoms with Crippen molar-refractivity contribution in [3.05, 3.63) is 24.0 Å². The third-order valence-electron chi connectivity index (χ3n) is 2.36. The maximum Gasteiger partial charge on any atom is 0.241 e. The molecule has 0 fully saturated rings. The highest BCUT2D eigenvalue weighted by atomic mass is 16.2. The lowest BCUT2D eigenvalue weighted by Gasteiger charge is -2.25. The van der Waals surface area contributed by atoms with Gasteiger partial charge in [-0.15, -0.1) is 0 Å². The van der Waals surface area contributed by atoms with Crippen LogP contribution in [0.2, 0.25) is 0 Å². The molecule has 1 atom stereocenters. The Kier molecular flexibility index (Phi) is 3.65. The van der Waals surface area contributed by atoms with Crippen molar-refractivity contribution in [2.45, 2.75) is 33.7 Å². The molecule has 0 unspecified atom stereocenters. The number of carbonyl (C=O) groups excluding carboxylic acids is 1. The zero-order chi connectivity index (χ0) is 12.3. The number of aromatic nitrogens is 1. The SMILES string of the molecule is Cc1cncc(NC(=O)[C@H](N)C(C)(C)C)c1. The maximum absolute atomic E-state index is 11.8. The molecule has 0 aliphatic carbocycles. The molecule has 1 heterocycles. The van der Waals surface area contributed by atoms with Crippen LogP contribution in [-0.2, 0) is 4.79 Å². The van der Waals surface area contributed by atoms with Gasteiger partial charge in [0.05, 0.1) is 17.9 Å². The molecule has 3 N–H and O–H groups in total. The van der Waals surface area contributed by atoms with E-state index in [0.717, 1.165) is 5.56 Å². The molecule has 0 spiro atoms. The summed E-state index contributed by atoms with van der Waals surface area (Å²) < 4.78 is 0. The predicted molar refractivity (Wildman–Crippen MR) is 65.0 cm³/mol. The standard InChI is InChI=1S/C12H19N3O/c1-8-5-9(7-14-6-8)15-11(16)10(13)12(2,3)4/h5-7,10H,13H2,1-4H3,(H,15,16)/t10-/m0/s1. The first-order valence-electron chi connectivity index (χ1n) is 5.29. The Balaban J connectivity index is 2.72. The fourth-order valence-corrected chi connectivity index (χ4v) is 1.24. The summed E-state index contributed by atoms with van der Waals surface area (Å²) in [6.45, 7) is 7.73. The minimum atomic E-state index is -0.534. The van der Waals surface area contributed by atoms with Crippen molar-refractivity contribution in [2.24, 2.45) is 11.1 Å². The van der Waals surface area contributed by atoms with Crippen molar-refractivity contribution in [3.63, 3.8) is 0 Å². The highest BCUT2D eigenvalue weighted by molar-refractivity contribution is 5.95. The molecule has 1 amide bonds. The fraction of sp³-hybridized carbons (Fsp3) is 0.500. The predicted octanol–water partition coefficient (Wildman–Crippen LogP) is 1.70. The number of nitrogens with zero attached hydrogens (tertiary/aromatic N) is 1. The smallest absolute Gasteiger partial charge is 0.241 e. The molecular formula is C12H19N3O. The number of rotatable bonds is 2. The molecule has 0 aliphatic heterocycles. The van der Waals surface area contributed by atoms with E-state index in [9.17, 15) is 4.79 Å². The van der Waals surface area contributed by atoms with Gasteiger partial charge >= 0.3 is 0 Å². The molecule has 0 aliphatic rings. The monoisotopic (exact) mass is 221 g/mol. The fourth-order valence-electron chi connectivity index (χ4n) is 1.24. The van der Waals surface area contributed by atoms with Gasteiger partial charge in [0, 0.05) is 6.20 Å². The largest absolute Gasteiger partial charge is 0.323 e. The Hall–Kier alpha value is -1.42. The second-order valence-corrected chi connectivity index (χ2v) is 5.08. The molecule has 4 nitrogen and oxygen atoms in total. The van der Waals surface area contributed by atoms with E-state index in [0.29, 0.717) is 5.69 Å². The quantitative estimate of drug-likeness (QED) is 0.798. The van der Waals surface area contributed by atoms with Crippen LogP contribution in [0.4, 0.5) is 5.69 Å². The van der Waals surface area contributed by atoms with E-state index >= 15 is 0 Å². The summed E-state index contributed by atoms with van der Waals surface area (Å²) in [5.74, 6) is -0.181. The summed E-state index contributed by atoms with van der Waals surface area (Å²) in [4.78, 5) is 15.8. The number of hydrogen-bond donors (Lipinski definition) is 2. The van der Waals surface area contributed by atoms with Crippen molar-refractivity contribution < 1.29 is 4.79 Å². The van der Waals surface area contributed by atoms with Crippen molar-refractivity contribution >= 4 is 11.6 Å². The molecule has 4 heteroatoms. The minimum absolute atomic E-state index is 0.181. The van der Waals surface area contributed by atoms with Gasteiger partial charge < -0.3 is 11.1 Å². The van der Waals surface area contributed by atoms with Crippen LogP contribution in [0.3, 0.4) is 0 Å². The lowest BCUT2D eigenvalue weighted by molar-refractivity contribution is -0.119. The Labute approximate surface area is 96.3 Å². The summed E-state index contributed by atoms with van der Waals surface area (Å²) in [6.07, 6.45) is 3.35. The second kappa shape index (κ2) is 4.61. The van der Waals surface area contributed by atoms with Gasteiger partial charge in [0.15, 0.2) is 0 Å². The van der Waals surface area contributed by atoms with Gasteiger partial charge in [-0.05, 0) is 24.0 Å². The lowest BCUT2D eigenvalue weighted by Crippen LogP contribution is -2.45. The van der Waals surface area contributed by atoms with Crippen LogP contribution in [0.1, 0.15) is 26.3 Å². The van der Waals surface area contributed by atoms with Crippen molar-refractivity contribution in [1.82, 2.24) is 4.98 Å². The van der Waals surface area contributed by atoms with Crippen LogP contribution in [0.25, 0.3) is 0 Å². The van der Waals surface area contributed by atoms with E-state index in [1.165, 1.54) is 0 Å². The summed E-state index contributed by atoms with van der Waals surface area (Å²) in [7, 11) is 0. The topological polar surface area (TPSA) is 68.0 Å². The number of amides is 1. The highest BCUT2D eigenvalue weighted by Gasteiger charge is 2.27. The summed E-state index contributed by atoms with van der Waals surface area (Å²) in [5, 5.41) is 2.76. The number of carbonyl (C=O) groups is 1. The van der Waals surface area contributed by atoms with Crippen LogP contribution in [0, 0.1) is 12.3 Å². The molecule has 0 radical (unpaired) electrons. The van der Waals surface area contributed by atoms with Crippen LogP contribution in [-0.4, -0.2) is 16.9 Å². The Bertz CT molecular complexity index is 382. The zero-order valence-electron chi connectivity index (χ0n) is 10.2. The van der Waals surface area contributed by atoms with E-state index in [2.05, 4.69) is 10.3 Å². The third kappa shape index (κ3) is 3.31. The molecule has 0 saturated heterocycles. The lowest BCUT2D eigenvalue weighted by atomic mass is 9.87. The average Bonchev–Trinajstić information content (AvgIpc) is 2.15. The molecular weight excluding hydrogens is 202 g/mol. The summed E-state index contributed by atoms with van der Waals surface area (Å²) >= 11 is 0. The van der Waals surface area contributed by atoms with Crippen LogP contribution in [0.5, 0.6) is 0 Å². The third-order valence-corrected chi connectivity index (χ3v) is 2.36. The van der Waals surface area contributed by atoms with Crippen LogP contribution in [0.15, 0.2) is 18.5 Å². The zero-order valence-corrected chi connectivity index (χ0v) is 10.2. The van der Waals surface area contributed by atoms with E-state index in [-0.39, 0.29) is 11.3 Å². The summed E-state index contributed by atoms with van der Waals surface area (Å²) in [6, 6.07) is 1.33. The van der Waals surface area contributed by atoms with E-state index < -0.39 is 6.04 Å². The highest BCUT2D eigenvalue weighted by Crippen LogP contribution is 2.18. The number of aryl methyl sites for hydroxylation is 1. The van der Waals surface area contributed by atoms with Gasteiger partial charge in [-0.25, -0.2) is 0 Å². The van der Waals surface area contributed by atoms with Crippen molar-refractivity contribution in [1.29, 1.82) is 0 Å². The van der Waals surface area contributed by atoms with Crippen molar-refractivity contribution in [3.8, 4) is 0 Å². The first-order chi connectivity index (χ1) is 7.30. The van der Waals surface area contributed by atoms with Crippen LogP contribution >= 0.6 is 0 Å². The second-order valence-electron chi connectivity index (χ2n) is 5.08. The maximum atomic E-state index is 11.8. The molecule has 88 valence electrons. The molecule has 1 aromatic rings. The molecule has 1 rings (SSSR count). The van der Waals surface area contributed by atoms with E-state index in [4.69, 9.17) is 5.73 Å². The number of hydrogen-bond acceptors (Lipinski definition) is 3.